The third-order valence-corrected chi connectivity index (χ3v) is 6.42. The summed E-state index contributed by atoms with van der Waals surface area (Å²) in [4.78, 5) is 16.9. The highest BCUT2D eigenvalue weighted by Gasteiger charge is 2.52. The second-order valence-corrected chi connectivity index (χ2v) is 9.40. The van der Waals surface area contributed by atoms with Crippen LogP contribution in [0.4, 0.5) is 8.78 Å². The molecule has 6 nitrogen and oxygen atoms in total. The van der Waals surface area contributed by atoms with Crippen LogP contribution in [-0.4, -0.2) is 38.6 Å². The van der Waals surface area contributed by atoms with Crippen molar-refractivity contribution >= 4 is 23.6 Å². The molecule has 0 unspecified atom stereocenters. The Morgan fingerprint density at radius 3 is 2.28 bits per heavy atom. The fraction of sp³-hybridized carbons (Fsp3) is 0.600. The van der Waals surface area contributed by atoms with Gasteiger partial charge in [0, 0.05) is 34.7 Å². The van der Waals surface area contributed by atoms with Crippen molar-refractivity contribution in [1.29, 1.82) is 0 Å². The molecule has 4 rings (SSSR count). The van der Waals surface area contributed by atoms with E-state index in [1.54, 1.807) is 13.0 Å². The number of fused-ring (bicyclic) bond motifs is 1. The molecule has 2 aromatic rings. The van der Waals surface area contributed by atoms with Crippen LogP contribution in [0.3, 0.4) is 0 Å². The van der Waals surface area contributed by atoms with E-state index in [2.05, 4.69) is 4.98 Å². The molecule has 1 saturated heterocycles. The minimum Gasteiger partial charge on any atom is -0.399 e. The van der Waals surface area contributed by atoms with E-state index < -0.39 is 35.9 Å². The number of nitrogens with zero attached hydrogens (tertiary/aromatic N) is 2. The number of rotatable bonds is 3. The van der Waals surface area contributed by atoms with E-state index in [0.29, 0.717) is 18.3 Å². The molecule has 1 saturated carbocycles. The van der Waals surface area contributed by atoms with E-state index in [1.807, 2.05) is 27.7 Å². The van der Waals surface area contributed by atoms with E-state index in [4.69, 9.17) is 9.31 Å². The predicted octanol–water partition coefficient (Wildman–Crippen LogP) is 2.72. The van der Waals surface area contributed by atoms with Crippen molar-refractivity contribution in [2.75, 3.05) is 0 Å². The van der Waals surface area contributed by atoms with Crippen molar-refractivity contribution in [3.63, 3.8) is 0 Å². The molecule has 0 spiro atoms. The van der Waals surface area contributed by atoms with Gasteiger partial charge in [0.15, 0.2) is 0 Å². The maximum absolute atomic E-state index is 13.7. The number of aliphatic hydroxyl groups is 1. The zero-order valence-electron chi connectivity index (χ0n) is 17.2. The molecule has 1 aliphatic carbocycles. The van der Waals surface area contributed by atoms with E-state index in [-0.39, 0.29) is 22.6 Å². The standard InChI is InChI=1S/C20H25BF2N2O4/c1-18(2)19(3,4)29-21(28-18)11-6-14-13(16(22)23)7-15(26)25(17(14)24-10-11)12-8-20(5,27)9-12/h6-7,10,12,16,27H,8-9H2,1-5H3. The Labute approximate surface area is 168 Å². The zero-order chi connectivity index (χ0) is 21.4. The summed E-state index contributed by atoms with van der Waals surface area (Å²) in [6.07, 6.45) is -0.570. The Hall–Kier alpha value is -1.84. The third-order valence-electron chi connectivity index (χ3n) is 6.42. The van der Waals surface area contributed by atoms with Crippen LogP contribution in [-0.2, 0) is 9.31 Å². The first kappa shape index (κ1) is 20.4. The fourth-order valence-corrected chi connectivity index (χ4v) is 4.04. The van der Waals surface area contributed by atoms with Crippen molar-refractivity contribution < 1.29 is 23.2 Å². The molecule has 156 valence electrons. The molecule has 0 atom stereocenters. The second-order valence-electron chi connectivity index (χ2n) is 9.40. The van der Waals surface area contributed by atoms with Gasteiger partial charge in [-0.25, -0.2) is 13.8 Å². The van der Waals surface area contributed by atoms with Crippen LogP contribution < -0.4 is 11.0 Å². The topological polar surface area (TPSA) is 73.6 Å². The summed E-state index contributed by atoms with van der Waals surface area (Å²) in [6.45, 7) is 9.32. The lowest BCUT2D eigenvalue weighted by atomic mass is 9.76. The quantitative estimate of drug-likeness (QED) is 0.794. The summed E-state index contributed by atoms with van der Waals surface area (Å²) in [6, 6.07) is 2.26. The lowest BCUT2D eigenvalue weighted by Gasteiger charge is -2.42. The highest BCUT2D eigenvalue weighted by molar-refractivity contribution is 6.62. The summed E-state index contributed by atoms with van der Waals surface area (Å²) in [5.74, 6) is 0. The smallest absolute Gasteiger partial charge is 0.399 e. The summed E-state index contributed by atoms with van der Waals surface area (Å²) in [5, 5.41) is 10.2. The van der Waals surface area contributed by atoms with Crippen LogP contribution in [0.15, 0.2) is 23.1 Å². The number of hydrogen-bond acceptors (Lipinski definition) is 5. The van der Waals surface area contributed by atoms with Crippen molar-refractivity contribution in [3.8, 4) is 0 Å². The second kappa shape index (κ2) is 6.33. The molecule has 9 heteroatoms. The van der Waals surface area contributed by atoms with E-state index >= 15 is 0 Å². The van der Waals surface area contributed by atoms with Gasteiger partial charge in [0.25, 0.3) is 12.0 Å². The highest BCUT2D eigenvalue weighted by atomic mass is 19.3. The molecule has 0 bridgehead atoms. The molecule has 3 heterocycles. The normalized spacial score (nSPS) is 28.2. The zero-order valence-corrected chi connectivity index (χ0v) is 17.2. The van der Waals surface area contributed by atoms with Crippen molar-refractivity contribution in [2.24, 2.45) is 0 Å². The molecule has 1 N–H and O–H groups in total. The van der Waals surface area contributed by atoms with Gasteiger partial charge < -0.3 is 14.4 Å². The van der Waals surface area contributed by atoms with Gasteiger partial charge in [-0.2, -0.15) is 0 Å². The van der Waals surface area contributed by atoms with Gasteiger partial charge in [-0.15, -0.1) is 0 Å². The van der Waals surface area contributed by atoms with Crippen LogP contribution in [0, 0.1) is 0 Å². The molecular weight excluding hydrogens is 381 g/mol. The Morgan fingerprint density at radius 1 is 1.17 bits per heavy atom. The average Bonchev–Trinajstić information content (AvgIpc) is 2.79. The summed E-state index contributed by atoms with van der Waals surface area (Å²) < 4.78 is 40.8. The third kappa shape index (κ3) is 3.29. The number of aromatic nitrogens is 2. The van der Waals surface area contributed by atoms with Crippen molar-refractivity contribution in [2.45, 2.75) is 76.7 Å². The average molecular weight is 406 g/mol. The molecule has 0 aromatic carbocycles. The highest BCUT2D eigenvalue weighted by Crippen LogP contribution is 2.42. The maximum Gasteiger partial charge on any atom is 0.496 e. The number of pyridine rings is 2. The summed E-state index contributed by atoms with van der Waals surface area (Å²) in [5.41, 5.74) is -2.21. The van der Waals surface area contributed by atoms with Crippen LogP contribution >= 0.6 is 0 Å². The van der Waals surface area contributed by atoms with Crippen LogP contribution in [0.1, 0.15) is 65.5 Å². The summed E-state index contributed by atoms with van der Waals surface area (Å²) >= 11 is 0. The van der Waals surface area contributed by atoms with E-state index in [9.17, 15) is 18.7 Å². The van der Waals surface area contributed by atoms with Gasteiger partial charge in [-0.1, -0.05) is 0 Å². The Balaban J connectivity index is 1.83. The van der Waals surface area contributed by atoms with Gasteiger partial charge in [-0.3, -0.25) is 9.36 Å². The molecule has 29 heavy (non-hydrogen) atoms. The van der Waals surface area contributed by atoms with Crippen molar-refractivity contribution in [3.05, 3.63) is 34.2 Å². The molecule has 1 aliphatic heterocycles. The van der Waals surface area contributed by atoms with Gasteiger partial charge in [0.05, 0.1) is 16.8 Å². The number of halogens is 2. The molecule has 2 aromatic heterocycles. The van der Waals surface area contributed by atoms with Gasteiger partial charge in [0.2, 0.25) is 0 Å². The van der Waals surface area contributed by atoms with Crippen LogP contribution in [0.25, 0.3) is 11.0 Å². The summed E-state index contributed by atoms with van der Waals surface area (Å²) in [7, 11) is -0.743. The molecule has 0 amide bonds. The SMILES string of the molecule is CC1(O)CC(n2c(=O)cc(C(F)F)c3cc(B4OC(C)(C)C(C)(C)O4)cnc32)C1. The number of hydrogen-bond donors (Lipinski definition) is 1. The lowest BCUT2D eigenvalue weighted by molar-refractivity contribution is -0.0507. The minimum absolute atomic E-state index is 0.188. The van der Waals surface area contributed by atoms with Crippen molar-refractivity contribution in [1.82, 2.24) is 9.55 Å². The molecule has 0 radical (unpaired) electrons. The molecular formula is C20H25BF2N2O4. The first-order valence-electron chi connectivity index (χ1n) is 9.73. The Kier molecular flexibility index (Phi) is 4.46. The monoisotopic (exact) mass is 406 g/mol. The largest absolute Gasteiger partial charge is 0.496 e. The fourth-order valence-electron chi connectivity index (χ4n) is 4.04. The lowest BCUT2D eigenvalue weighted by Crippen LogP contribution is -2.45. The first-order valence-corrected chi connectivity index (χ1v) is 9.73. The Bertz CT molecular complexity index is 1010. The minimum atomic E-state index is -2.82. The number of alkyl halides is 2. The van der Waals surface area contributed by atoms with Crippen LogP contribution in [0.2, 0.25) is 0 Å². The first-order chi connectivity index (χ1) is 13.3. The van der Waals surface area contributed by atoms with Gasteiger partial charge in [-0.05, 0) is 53.5 Å². The van der Waals surface area contributed by atoms with E-state index in [1.165, 1.54) is 10.8 Å². The predicted molar refractivity (Wildman–Crippen MR) is 106 cm³/mol. The maximum atomic E-state index is 13.7. The molecule has 2 fully saturated rings. The Morgan fingerprint density at radius 2 is 1.76 bits per heavy atom. The van der Waals surface area contributed by atoms with Gasteiger partial charge in [0.1, 0.15) is 5.65 Å². The molecule has 2 aliphatic rings. The van der Waals surface area contributed by atoms with Crippen LogP contribution in [0.5, 0.6) is 0 Å². The van der Waals surface area contributed by atoms with Gasteiger partial charge >= 0.3 is 7.12 Å². The van der Waals surface area contributed by atoms with E-state index in [0.717, 1.165) is 6.07 Å².